The zero-order chi connectivity index (χ0) is 26.0. The number of nitrogens with zero attached hydrogens (tertiary/aromatic N) is 1. The van der Waals surface area contributed by atoms with Gasteiger partial charge in [0.1, 0.15) is 5.75 Å². The van der Waals surface area contributed by atoms with Gasteiger partial charge in [0.25, 0.3) is 0 Å². The lowest BCUT2D eigenvalue weighted by Gasteiger charge is -2.60. The first-order valence-corrected chi connectivity index (χ1v) is 13.7. The zero-order valence-corrected chi connectivity index (χ0v) is 22.8. The average molecular weight is 503 g/mol. The third kappa shape index (κ3) is 5.42. The van der Waals surface area contributed by atoms with Crippen molar-refractivity contribution in [1.29, 1.82) is 0 Å². The molecule has 1 aromatic carbocycles. The van der Waals surface area contributed by atoms with Gasteiger partial charge >= 0.3 is 12.1 Å². The van der Waals surface area contributed by atoms with Gasteiger partial charge in [0.15, 0.2) is 0 Å². The number of rotatable bonds is 9. The van der Waals surface area contributed by atoms with Gasteiger partial charge in [-0.25, -0.2) is 4.79 Å². The zero-order valence-electron chi connectivity index (χ0n) is 22.8. The summed E-state index contributed by atoms with van der Waals surface area (Å²) in [6.45, 7) is 10.1. The quantitative estimate of drug-likeness (QED) is 0.252. The van der Waals surface area contributed by atoms with Gasteiger partial charge in [0, 0.05) is 37.2 Å². The number of ether oxygens (including phenoxy) is 4. The SMILES string of the molecule is CCOC(=O)Oc1ccc2c(c1)[C@@]13CCCC[C@H]1[C@@H](C2)[N+](C)(COC(=O)CCC(C)(C)OCC)CC3. The number of carbonyl (C=O) groups is 2. The van der Waals surface area contributed by atoms with E-state index in [2.05, 4.69) is 19.2 Å². The van der Waals surface area contributed by atoms with Gasteiger partial charge in [-0.2, -0.15) is 0 Å². The molecular formula is C29H44NO6+. The maximum Gasteiger partial charge on any atom is 0.513 e. The number of hydrogen-bond donors (Lipinski definition) is 0. The van der Waals surface area contributed by atoms with Crippen LogP contribution in [0.4, 0.5) is 4.79 Å². The largest absolute Gasteiger partial charge is 0.513 e. The maximum absolute atomic E-state index is 12.7. The van der Waals surface area contributed by atoms with Crippen molar-refractivity contribution in [3.8, 4) is 5.75 Å². The Labute approximate surface area is 216 Å². The molecule has 2 aliphatic carbocycles. The van der Waals surface area contributed by atoms with Crippen LogP contribution in [0.15, 0.2) is 18.2 Å². The van der Waals surface area contributed by atoms with Crippen LogP contribution < -0.4 is 4.74 Å². The Morgan fingerprint density at radius 3 is 2.67 bits per heavy atom. The summed E-state index contributed by atoms with van der Waals surface area (Å²) in [5.41, 5.74) is 2.48. The van der Waals surface area contributed by atoms with Crippen molar-refractivity contribution in [1.82, 2.24) is 0 Å². The fourth-order valence-electron chi connectivity index (χ4n) is 7.07. The molecule has 1 unspecified atom stereocenters. The molecule has 4 atom stereocenters. The van der Waals surface area contributed by atoms with Gasteiger partial charge in [-0.1, -0.05) is 18.9 Å². The molecule has 1 saturated heterocycles. The molecule has 1 aliphatic heterocycles. The summed E-state index contributed by atoms with van der Waals surface area (Å²) < 4.78 is 22.9. The molecule has 0 spiro atoms. The van der Waals surface area contributed by atoms with Crippen LogP contribution in [0.5, 0.6) is 5.75 Å². The molecule has 1 saturated carbocycles. The third-order valence-electron chi connectivity index (χ3n) is 8.93. The van der Waals surface area contributed by atoms with E-state index < -0.39 is 6.16 Å². The number of fused-ring (bicyclic) bond motifs is 1. The van der Waals surface area contributed by atoms with Gasteiger partial charge in [0.05, 0.1) is 31.8 Å². The van der Waals surface area contributed by atoms with Crippen LogP contribution >= 0.6 is 0 Å². The van der Waals surface area contributed by atoms with Crippen LogP contribution in [-0.2, 0) is 30.8 Å². The minimum absolute atomic E-state index is 0.105. The number of esters is 1. The van der Waals surface area contributed by atoms with Crippen LogP contribution in [-0.4, -0.2) is 61.8 Å². The molecular weight excluding hydrogens is 458 g/mol. The van der Waals surface area contributed by atoms with E-state index in [0.29, 0.717) is 50.5 Å². The summed E-state index contributed by atoms with van der Waals surface area (Å²) in [4.78, 5) is 24.6. The molecule has 2 fully saturated rings. The van der Waals surface area contributed by atoms with Crippen LogP contribution in [0, 0.1) is 5.92 Å². The average Bonchev–Trinajstić information content (AvgIpc) is 2.84. The molecule has 3 aliphatic rings. The highest BCUT2D eigenvalue weighted by atomic mass is 16.7. The second-order valence-corrected chi connectivity index (χ2v) is 11.7. The lowest BCUT2D eigenvalue weighted by molar-refractivity contribution is -0.959. The van der Waals surface area contributed by atoms with E-state index in [4.69, 9.17) is 18.9 Å². The standard InChI is InChI=1S/C29H44NO6/c1-6-33-27(32)36-22-12-11-21-18-25-23-10-8-9-14-29(23,24(21)19-22)16-17-30(25,5)20-34-26(31)13-15-28(3,4)35-7-2/h11-12,19,23,25H,6-10,13-18,20H2,1-5H3/q+1/t23-,25+,29+,30?/m0/s1. The molecule has 1 aromatic rings. The summed E-state index contributed by atoms with van der Waals surface area (Å²) in [6.07, 6.45) is 7.20. The molecule has 0 aromatic heterocycles. The van der Waals surface area contributed by atoms with E-state index in [-0.39, 0.29) is 17.0 Å². The highest BCUT2D eigenvalue weighted by Crippen LogP contribution is 2.57. The number of benzene rings is 1. The van der Waals surface area contributed by atoms with E-state index in [1.54, 1.807) is 6.92 Å². The van der Waals surface area contributed by atoms with Crippen molar-refractivity contribution in [2.45, 2.75) is 96.1 Å². The van der Waals surface area contributed by atoms with Crippen molar-refractivity contribution in [3.05, 3.63) is 29.3 Å². The highest BCUT2D eigenvalue weighted by molar-refractivity contribution is 5.69. The van der Waals surface area contributed by atoms with E-state index in [0.717, 1.165) is 30.3 Å². The molecule has 1 heterocycles. The Kier molecular flexibility index (Phi) is 8.01. The number of hydrogen-bond acceptors (Lipinski definition) is 6. The number of piperidine rings is 1. The monoisotopic (exact) mass is 502 g/mol. The first-order valence-electron chi connectivity index (χ1n) is 13.7. The van der Waals surface area contributed by atoms with Crippen molar-refractivity contribution < 1.29 is 33.0 Å². The number of likely N-dealkylation sites (tertiary alicyclic amines) is 1. The molecule has 0 amide bonds. The van der Waals surface area contributed by atoms with Crippen LogP contribution in [0.25, 0.3) is 0 Å². The van der Waals surface area contributed by atoms with Crippen LogP contribution in [0.1, 0.15) is 83.8 Å². The first-order chi connectivity index (χ1) is 17.1. The smallest absolute Gasteiger partial charge is 0.434 e. The van der Waals surface area contributed by atoms with Gasteiger partial charge < -0.3 is 18.9 Å². The normalized spacial score (nSPS) is 29.0. The molecule has 36 heavy (non-hydrogen) atoms. The van der Waals surface area contributed by atoms with Gasteiger partial charge in [-0.05, 0) is 70.2 Å². The second kappa shape index (κ2) is 10.7. The molecule has 0 radical (unpaired) electrons. The van der Waals surface area contributed by atoms with Crippen molar-refractivity contribution in [2.75, 3.05) is 33.5 Å². The van der Waals surface area contributed by atoms with E-state index in [9.17, 15) is 9.59 Å². The molecule has 7 heteroatoms. The Balaban J connectivity index is 1.50. The Hall–Kier alpha value is -2.12. The van der Waals surface area contributed by atoms with E-state index in [1.165, 1.54) is 30.4 Å². The Morgan fingerprint density at radius 2 is 1.92 bits per heavy atom. The Morgan fingerprint density at radius 1 is 1.11 bits per heavy atom. The molecule has 200 valence electrons. The third-order valence-corrected chi connectivity index (χ3v) is 8.93. The molecule has 4 rings (SSSR count). The van der Waals surface area contributed by atoms with Crippen molar-refractivity contribution in [2.24, 2.45) is 5.92 Å². The predicted octanol–water partition coefficient (Wildman–Crippen LogP) is 5.52. The summed E-state index contributed by atoms with van der Waals surface area (Å²) in [5, 5.41) is 0. The van der Waals surface area contributed by atoms with Gasteiger partial charge in [0.2, 0.25) is 6.73 Å². The fourth-order valence-corrected chi connectivity index (χ4v) is 7.07. The van der Waals surface area contributed by atoms with Crippen molar-refractivity contribution in [3.63, 3.8) is 0 Å². The van der Waals surface area contributed by atoms with E-state index in [1.807, 2.05) is 26.8 Å². The van der Waals surface area contributed by atoms with Gasteiger partial charge in [-0.3, -0.25) is 9.28 Å². The highest BCUT2D eigenvalue weighted by Gasteiger charge is 2.59. The summed E-state index contributed by atoms with van der Waals surface area (Å²) in [5.74, 6) is 0.960. The van der Waals surface area contributed by atoms with Crippen LogP contribution in [0.2, 0.25) is 0 Å². The first kappa shape index (κ1) is 26.9. The number of carbonyl (C=O) groups excluding carboxylic acids is 2. The fraction of sp³-hybridized carbons (Fsp3) is 0.724. The minimum atomic E-state index is -0.650. The lowest BCUT2D eigenvalue weighted by Crippen LogP contribution is -2.69. The number of likely N-dealkylation sites (N-methyl/N-ethyl adjacent to an activating group) is 1. The summed E-state index contributed by atoms with van der Waals surface area (Å²) >= 11 is 0. The predicted molar refractivity (Wildman–Crippen MR) is 137 cm³/mol. The second-order valence-electron chi connectivity index (χ2n) is 11.7. The Bertz CT molecular complexity index is 961. The lowest BCUT2D eigenvalue weighted by atomic mass is 9.52. The molecule has 2 bridgehead atoms. The van der Waals surface area contributed by atoms with E-state index >= 15 is 0 Å². The molecule has 0 N–H and O–H groups in total. The van der Waals surface area contributed by atoms with Crippen molar-refractivity contribution >= 4 is 12.1 Å². The maximum atomic E-state index is 12.7. The summed E-state index contributed by atoms with van der Waals surface area (Å²) in [7, 11) is 2.27. The van der Waals surface area contributed by atoms with Gasteiger partial charge in [-0.15, -0.1) is 0 Å². The summed E-state index contributed by atoms with van der Waals surface area (Å²) in [6, 6.07) is 6.52. The molecule has 7 nitrogen and oxygen atoms in total. The van der Waals surface area contributed by atoms with Crippen LogP contribution in [0.3, 0.4) is 0 Å². The topological polar surface area (TPSA) is 71.1 Å². The number of quaternary nitrogens is 1. The minimum Gasteiger partial charge on any atom is -0.434 e.